The predicted molar refractivity (Wildman–Crippen MR) is 122 cm³/mol. The number of aromatic nitrogens is 2. The smallest absolute Gasteiger partial charge is 0.228 e. The molecule has 0 radical (unpaired) electrons. The van der Waals surface area contributed by atoms with E-state index in [4.69, 9.17) is 19.0 Å². The lowest BCUT2D eigenvalue weighted by Crippen LogP contribution is -2.38. The van der Waals surface area contributed by atoms with Gasteiger partial charge in [0.15, 0.2) is 11.8 Å². The van der Waals surface area contributed by atoms with E-state index < -0.39 is 0 Å². The maximum absolute atomic E-state index is 6.16. The van der Waals surface area contributed by atoms with Crippen molar-refractivity contribution in [2.45, 2.75) is 46.3 Å². The molecule has 9 heteroatoms. The van der Waals surface area contributed by atoms with Gasteiger partial charge < -0.3 is 24.6 Å². The largest absolute Gasteiger partial charge is 0.488 e. The summed E-state index contributed by atoms with van der Waals surface area (Å²) in [6.45, 7) is 9.29. The number of hydrogen-bond acceptors (Lipinski definition) is 6. The van der Waals surface area contributed by atoms with E-state index in [9.17, 15) is 0 Å². The van der Waals surface area contributed by atoms with Gasteiger partial charge in [-0.15, -0.1) is 24.0 Å². The second-order valence-corrected chi connectivity index (χ2v) is 6.82. The number of halogens is 1. The first-order valence-corrected chi connectivity index (χ1v) is 9.79. The van der Waals surface area contributed by atoms with Crippen LogP contribution in [0, 0.1) is 13.8 Å². The normalized spacial score (nSPS) is 16.4. The first-order valence-electron chi connectivity index (χ1n) is 9.79. The molecule has 1 aromatic heterocycles. The van der Waals surface area contributed by atoms with Crippen LogP contribution >= 0.6 is 24.0 Å². The number of hydrogen-bond donors (Lipinski definition) is 2. The van der Waals surface area contributed by atoms with E-state index in [2.05, 4.69) is 45.9 Å². The number of aryl methyl sites for hydroxylation is 2. The van der Waals surface area contributed by atoms with Crippen LogP contribution in [0.15, 0.2) is 27.7 Å². The highest BCUT2D eigenvalue weighted by Gasteiger charge is 2.18. The molecule has 0 spiro atoms. The molecule has 1 aliphatic rings. The lowest BCUT2D eigenvalue weighted by molar-refractivity contribution is 0.140. The molecule has 1 unspecified atom stereocenters. The molecule has 160 valence electrons. The van der Waals surface area contributed by atoms with E-state index in [0.29, 0.717) is 37.8 Å². The Hall–Kier alpha value is -1.88. The molecule has 8 nitrogen and oxygen atoms in total. The van der Waals surface area contributed by atoms with Crippen LogP contribution < -0.4 is 15.4 Å². The van der Waals surface area contributed by atoms with Crippen molar-refractivity contribution in [1.82, 2.24) is 20.8 Å². The number of rotatable bonds is 8. The summed E-state index contributed by atoms with van der Waals surface area (Å²) >= 11 is 0. The Bertz CT molecular complexity index is 790. The monoisotopic (exact) mass is 515 g/mol. The maximum Gasteiger partial charge on any atom is 0.228 e. The van der Waals surface area contributed by atoms with Gasteiger partial charge in [0.25, 0.3) is 0 Å². The molecule has 2 N–H and O–H groups in total. The number of aliphatic imine (C=N–C) groups is 1. The first-order chi connectivity index (χ1) is 13.6. The van der Waals surface area contributed by atoms with Gasteiger partial charge in [0, 0.05) is 31.5 Å². The van der Waals surface area contributed by atoms with E-state index in [1.165, 1.54) is 5.56 Å². The second-order valence-electron chi connectivity index (χ2n) is 6.82. The van der Waals surface area contributed by atoms with Crippen LogP contribution in [0.4, 0.5) is 0 Å². The van der Waals surface area contributed by atoms with Crippen molar-refractivity contribution in [2.75, 3.05) is 26.3 Å². The SMILES string of the molecule is CCNC(=NCc1ccc(C)cc1OC1CCOC1)NCCc1nc(C)no1.I. The zero-order chi connectivity index (χ0) is 19.8. The highest BCUT2D eigenvalue weighted by atomic mass is 127. The average molecular weight is 515 g/mol. The van der Waals surface area contributed by atoms with Crippen molar-refractivity contribution < 1.29 is 14.0 Å². The van der Waals surface area contributed by atoms with Gasteiger partial charge in [-0.05, 0) is 32.4 Å². The summed E-state index contributed by atoms with van der Waals surface area (Å²) in [4.78, 5) is 8.91. The van der Waals surface area contributed by atoms with Gasteiger partial charge >= 0.3 is 0 Å². The molecule has 1 saturated heterocycles. The van der Waals surface area contributed by atoms with Crippen LogP contribution in [-0.4, -0.2) is 48.5 Å². The second kappa shape index (κ2) is 12.0. The Kier molecular flexibility index (Phi) is 9.65. The Morgan fingerprint density at radius 1 is 1.31 bits per heavy atom. The molecule has 1 atom stereocenters. The number of nitrogens with zero attached hydrogens (tertiary/aromatic N) is 3. The molecule has 0 saturated carbocycles. The Balaban J connectivity index is 0.00000300. The summed E-state index contributed by atoms with van der Waals surface area (Å²) in [5, 5.41) is 10.4. The fourth-order valence-electron chi connectivity index (χ4n) is 2.92. The highest BCUT2D eigenvalue weighted by Crippen LogP contribution is 2.24. The van der Waals surface area contributed by atoms with Crippen molar-refractivity contribution in [3.05, 3.63) is 41.0 Å². The number of guanidine groups is 1. The van der Waals surface area contributed by atoms with E-state index in [-0.39, 0.29) is 30.1 Å². The van der Waals surface area contributed by atoms with E-state index >= 15 is 0 Å². The zero-order valence-electron chi connectivity index (χ0n) is 17.2. The molecular weight excluding hydrogens is 485 g/mol. The standard InChI is InChI=1S/C20H29N5O3.HI/c1-4-21-20(22-9-7-19-24-15(3)25-28-19)23-12-16-6-5-14(2)11-18(16)27-17-8-10-26-13-17;/h5-6,11,17H,4,7-10,12-13H2,1-3H3,(H2,21,22,23);1H. The van der Waals surface area contributed by atoms with Gasteiger partial charge in [-0.3, -0.25) is 0 Å². The molecule has 2 aromatic rings. The number of benzene rings is 1. The predicted octanol–water partition coefficient (Wildman–Crippen LogP) is 2.77. The highest BCUT2D eigenvalue weighted by molar-refractivity contribution is 14.0. The van der Waals surface area contributed by atoms with Crippen molar-refractivity contribution >= 4 is 29.9 Å². The van der Waals surface area contributed by atoms with Crippen molar-refractivity contribution in [1.29, 1.82) is 0 Å². The summed E-state index contributed by atoms with van der Waals surface area (Å²) in [6, 6.07) is 6.23. The first kappa shape index (κ1) is 23.4. The molecule has 2 heterocycles. The molecule has 3 rings (SSSR count). The molecule has 1 aromatic carbocycles. The summed E-state index contributed by atoms with van der Waals surface area (Å²) < 4.78 is 16.7. The minimum Gasteiger partial charge on any atom is -0.488 e. The van der Waals surface area contributed by atoms with Crippen LogP contribution in [0.2, 0.25) is 0 Å². The lowest BCUT2D eigenvalue weighted by Gasteiger charge is -2.16. The van der Waals surface area contributed by atoms with Crippen LogP contribution in [0.5, 0.6) is 5.75 Å². The Morgan fingerprint density at radius 3 is 2.86 bits per heavy atom. The fraction of sp³-hybridized carbons (Fsp3) is 0.550. The fourth-order valence-corrected chi connectivity index (χ4v) is 2.92. The molecule has 29 heavy (non-hydrogen) atoms. The van der Waals surface area contributed by atoms with Crippen LogP contribution in [0.3, 0.4) is 0 Å². The average Bonchev–Trinajstić information content (AvgIpc) is 3.32. The zero-order valence-corrected chi connectivity index (χ0v) is 19.6. The van der Waals surface area contributed by atoms with Gasteiger partial charge in [0.1, 0.15) is 11.9 Å². The van der Waals surface area contributed by atoms with Crippen molar-refractivity contribution in [3.63, 3.8) is 0 Å². The molecule has 0 bridgehead atoms. The molecular formula is C20H30IN5O3. The van der Waals surface area contributed by atoms with Crippen LogP contribution in [0.25, 0.3) is 0 Å². The Labute approximate surface area is 188 Å². The van der Waals surface area contributed by atoms with Crippen LogP contribution in [-0.2, 0) is 17.7 Å². The van der Waals surface area contributed by atoms with Crippen molar-refractivity contribution in [2.24, 2.45) is 4.99 Å². The van der Waals surface area contributed by atoms with E-state index in [1.807, 2.05) is 13.8 Å². The molecule has 1 fully saturated rings. The quantitative estimate of drug-likeness (QED) is 0.317. The van der Waals surface area contributed by atoms with Gasteiger partial charge in [-0.1, -0.05) is 17.3 Å². The third-order valence-corrected chi connectivity index (χ3v) is 4.36. The minimum atomic E-state index is 0. The third kappa shape index (κ3) is 7.46. The lowest BCUT2D eigenvalue weighted by atomic mass is 10.1. The van der Waals surface area contributed by atoms with E-state index in [1.54, 1.807) is 0 Å². The maximum atomic E-state index is 6.16. The molecule has 1 aliphatic heterocycles. The van der Waals surface area contributed by atoms with Crippen LogP contribution in [0.1, 0.15) is 36.2 Å². The van der Waals surface area contributed by atoms with Gasteiger partial charge in [-0.2, -0.15) is 4.98 Å². The minimum absolute atomic E-state index is 0. The Morgan fingerprint density at radius 2 is 2.17 bits per heavy atom. The summed E-state index contributed by atoms with van der Waals surface area (Å²) in [5.41, 5.74) is 2.23. The summed E-state index contributed by atoms with van der Waals surface area (Å²) in [7, 11) is 0. The molecule has 0 amide bonds. The number of nitrogens with one attached hydrogen (secondary N) is 2. The third-order valence-electron chi connectivity index (χ3n) is 4.36. The number of ether oxygens (including phenoxy) is 2. The van der Waals surface area contributed by atoms with E-state index in [0.717, 1.165) is 36.8 Å². The molecule has 0 aliphatic carbocycles. The topological polar surface area (TPSA) is 93.8 Å². The summed E-state index contributed by atoms with van der Waals surface area (Å²) in [5.74, 6) is 2.90. The van der Waals surface area contributed by atoms with Gasteiger partial charge in [0.2, 0.25) is 5.89 Å². The van der Waals surface area contributed by atoms with Crippen molar-refractivity contribution in [3.8, 4) is 5.75 Å². The van der Waals surface area contributed by atoms with Gasteiger partial charge in [0.05, 0.1) is 19.8 Å². The summed E-state index contributed by atoms with van der Waals surface area (Å²) in [6.07, 6.45) is 1.69. The van der Waals surface area contributed by atoms with Gasteiger partial charge in [-0.25, -0.2) is 4.99 Å².